The first-order valence-electron chi connectivity index (χ1n) is 6.00. The van der Waals surface area contributed by atoms with Crippen molar-refractivity contribution in [1.29, 1.82) is 0 Å². The van der Waals surface area contributed by atoms with Crippen molar-refractivity contribution in [2.45, 2.75) is 32.6 Å². The highest BCUT2D eigenvalue weighted by Crippen LogP contribution is 2.19. The van der Waals surface area contributed by atoms with E-state index < -0.39 is 0 Å². The van der Waals surface area contributed by atoms with Crippen LogP contribution in [-0.2, 0) is 0 Å². The molecule has 2 nitrogen and oxygen atoms in total. The Morgan fingerprint density at radius 1 is 1.12 bits per heavy atom. The highest BCUT2D eigenvalue weighted by atomic mass is 15.3. The molecule has 1 heterocycles. The largest absolute Gasteiger partial charge is 0.278 e. The van der Waals surface area contributed by atoms with Crippen LogP contribution in [0.4, 0.5) is 5.69 Å². The summed E-state index contributed by atoms with van der Waals surface area (Å²) >= 11 is 0. The Bertz CT molecular complexity index is 405. The van der Waals surface area contributed by atoms with Gasteiger partial charge >= 0.3 is 0 Å². The van der Waals surface area contributed by atoms with Gasteiger partial charge in [-0.2, -0.15) is 5.10 Å². The van der Waals surface area contributed by atoms with Gasteiger partial charge in [0.25, 0.3) is 0 Å². The average molecular weight is 214 g/mol. The molecule has 2 rings (SSSR count). The SMILES string of the molecule is CCCCCC1=NNc2ccccc2C=C1. The number of nitrogens with one attached hydrogen (secondary N) is 1. The smallest absolute Gasteiger partial charge is 0.0634 e. The molecule has 1 N–H and O–H groups in total. The predicted octanol–water partition coefficient (Wildman–Crippen LogP) is 4.06. The Morgan fingerprint density at radius 2 is 2.00 bits per heavy atom. The van der Waals surface area contributed by atoms with Crippen molar-refractivity contribution >= 4 is 17.5 Å². The summed E-state index contributed by atoms with van der Waals surface area (Å²) in [4.78, 5) is 0. The number of hydrogen-bond donors (Lipinski definition) is 1. The second-order valence-electron chi connectivity index (χ2n) is 4.09. The van der Waals surface area contributed by atoms with E-state index in [1.54, 1.807) is 0 Å². The van der Waals surface area contributed by atoms with E-state index in [0.29, 0.717) is 0 Å². The second kappa shape index (κ2) is 5.50. The molecule has 0 fully saturated rings. The zero-order valence-corrected chi connectivity index (χ0v) is 9.74. The standard InChI is InChI=1S/C14H18N2/c1-2-3-4-8-13-11-10-12-7-5-6-9-14(12)16-15-13/h5-7,9-11,16H,2-4,8H2,1H3. The molecule has 1 aromatic rings. The summed E-state index contributed by atoms with van der Waals surface area (Å²) in [6.07, 6.45) is 9.07. The predicted molar refractivity (Wildman–Crippen MR) is 70.7 cm³/mol. The van der Waals surface area contributed by atoms with E-state index in [-0.39, 0.29) is 0 Å². The van der Waals surface area contributed by atoms with Crippen LogP contribution in [-0.4, -0.2) is 5.71 Å². The molecule has 1 aliphatic heterocycles. The van der Waals surface area contributed by atoms with Gasteiger partial charge in [-0.3, -0.25) is 5.43 Å². The summed E-state index contributed by atoms with van der Waals surface area (Å²) in [5.74, 6) is 0. The van der Waals surface area contributed by atoms with E-state index in [1.165, 1.54) is 24.8 Å². The van der Waals surface area contributed by atoms with Gasteiger partial charge in [0.1, 0.15) is 0 Å². The van der Waals surface area contributed by atoms with Crippen molar-refractivity contribution in [1.82, 2.24) is 0 Å². The molecule has 0 aliphatic carbocycles. The Labute approximate surface area is 97.1 Å². The molecular weight excluding hydrogens is 196 g/mol. The molecule has 0 aromatic heterocycles. The first kappa shape index (κ1) is 10.9. The van der Waals surface area contributed by atoms with Gasteiger partial charge < -0.3 is 0 Å². The number of hydrazone groups is 1. The third-order valence-corrected chi connectivity index (χ3v) is 2.77. The van der Waals surface area contributed by atoms with Crippen LogP contribution >= 0.6 is 0 Å². The zero-order chi connectivity index (χ0) is 11.2. The zero-order valence-electron chi connectivity index (χ0n) is 9.74. The molecule has 0 atom stereocenters. The van der Waals surface area contributed by atoms with E-state index in [2.05, 4.69) is 41.7 Å². The van der Waals surface area contributed by atoms with Crippen LogP contribution in [0.2, 0.25) is 0 Å². The van der Waals surface area contributed by atoms with Gasteiger partial charge in [0.05, 0.1) is 11.4 Å². The van der Waals surface area contributed by atoms with Crippen molar-refractivity contribution in [2.75, 3.05) is 5.43 Å². The number of allylic oxidation sites excluding steroid dienone is 1. The highest BCUT2D eigenvalue weighted by Gasteiger charge is 2.03. The van der Waals surface area contributed by atoms with E-state index in [0.717, 1.165) is 17.8 Å². The van der Waals surface area contributed by atoms with Crippen LogP contribution < -0.4 is 5.43 Å². The molecule has 1 aromatic carbocycles. The second-order valence-corrected chi connectivity index (χ2v) is 4.09. The Hall–Kier alpha value is -1.57. The van der Waals surface area contributed by atoms with Gasteiger partial charge in [0, 0.05) is 0 Å². The summed E-state index contributed by atoms with van der Waals surface area (Å²) in [7, 11) is 0. The monoisotopic (exact) mass is 214 g/mol. The van der Waals surface area contributed by atoms with Crippen molar-refractivity contribution in [3.63, 3.8) is 0 Å². The van der Waals surface area contributed by atoms with Crippen LogP contribution in [0, 0.1) is 0 Å². The van der Waals surface area contributed by atoms with Crippen LogP contribution in [0.15, 0.2) is 35.4 Å². The fourth-order valence-electron chi connectivity index (χ4n) is 1.79. The molecule has 0 unspecified atom stereocenters. The van der Waals surface area contributed by atoms with E-state index in [9.17, 15) is 0 Å². The maximum atomic E-state index is 4.42. The van der Waals surface area contributed by atoms with Crippen LogP contribution in [0.1, 0.15) is 38.2 Å². The van der Waals surface area contributed by atoms with Gasteiger partial charge in [-0.1, -0.05) is 44.0 Å². The first-order valence-corrected chi connectivity index (χ1v) is 6.00. The Balaban J connectivity index is 2.03. The number of para-hydroxylation sites is 1. The summed E-state index contributed by atoms with van der Waals surface area (Å²) < 4.78 is 0. The average Bonchev–Trinajstić information content (AvgIpc) is 2.53. The minimum atomic E-state index is 1.06. The summed E-state index contributed by atoms with van der Waals surface area (Å²) in [5.41, 5.74) is 6.56. The molecule has 16 heavy (non-hydrogen) atoms. The van der Waals surface area contributed by atoms with E-state index >= 15 is 0 Å². The molecule has 0 saturated heterocycles. The maximum Gasteiger partial charge on any atom is 0.0634 e. The number of unbranched alkanes of at least 4 members (excludes halogenated alkanes) is 2. The molecule has 0 radical (unpaired) electrons. The fraction of sp³-hybridized carbons (Fsp3) is 0.357. The minimum Gasteiger partial charge on any atom is -0.278 e. The minimum absolute atomic E-state index is 1.06. The summed E-state index contributed by atoms with van der Waals surface area (Å²) in [6, 6.07) is 8.23. The molecule has 0 spiro atoms. The number of benzene rings is 1. The van der Waals surface area contributed by atoms with Gasteiger partial charge in [-0.15, -0.1) is 0 Å². The number of hydrogen-bond acceptors (Lipinski definition) is 2. The lowest BCUT2D eigenvalue weighted by molar-refractivity contribution is 0.742. The lowest BCUT2D eigenvalue weighted by Gasteiger charge is -2.02. The normalized spacial score (nSPS) is 13.7. The number of anilines is 1. The van der Waals surface area contributed by atoms with E-state index in [4.69, 9.17) is 0 Å². The van der Waals surface area contributed by atoms with Crippen molar-refractivity contribution < 1.29 is 0 Å². The molecule has 2 heteroatoms. The van der Waals surface area contributed by atoms with E-state index in [1.807, 2.05) is 12.1 Å². The van der Waals surface area contributed by atoms with Crippen molar-refractivity contribution in [2.24, 2.45) is 5.10 Å². The summed E-state index contributed by atoms with van der Waals surface area (Å²) in [5, 5.41) is 4.42. The highest BCUT2D eigenvalue weighted by molar-refractivity contribution is 6.00. The molecular formula is C14H18N2. The Kier molecular flexibility index (Phi) is 3.76. The van der Waals surface area contributed by atoms with Gasteiger partial charge in [-0.25, -0.2) is 0 Å². The van der Waals surface area contributed by atoms with Gasteiger partial charge in [-0.05, 0) is 30.5 Å². The third kappa shape index (κ3) is 2.72. The number of rotatable bonds is 4. The quantitative estimate of drug-likeness (QED) is 0.751. The fourth-order valence-corrected chi connectivity index (χ4v) is 1.79. The number of fused-ring (bicyclic) bond motifs is 1. The van der Waals surface area contributed by atoms with Crippen molar-refractivity contribution in [3.05, 3.63) is 35.9 Å². The van der Waals surface area contributed by atoms with Crippen LogP contribution in [0.5, 0.6) is 0 Å². The summed E-state index contributed by atoms with van der Waals surface area (Å²) in [6.45, 7) is 2.22. The molecule has 84 valence electrons. The molecule has 0 amide bonds. The third-order valence-electron chi connectivity index (χ3n) is 2.77. The van der Waals surface area contributed by atoms with Gasteiger partial charge in [0.2, 0.25) is 0 Å². The van der Waals surface area contributed by atoms with Gasteiger partial charge in [0.15, 0.2) is 0 Å². The lowest BCUT2D eigenvalue weighted by Crippen LogP contribution is -1.97. The van der Waals surface area contributed by atoms with Crippen LogP contribution in [0.3, 0.4) is 0 Å². The topological polar surface area (TPSA) is 24.4 Å². The lowest BCUT2D eigenvalue weighted by atomic mass is 10.1. The van der Waals surface area contributed by atoms with Crippen LogP contribution in [0.25, 0.3) is 6.08 Å². The molecule has 1 aliphatic rings. The van der Waals surface area contributed by atoms with Crippen molar-refractivity contribution in [3.8, 4) is 0 Å². The maximum absolute atomic E-state index is 4.42. The molecule has 0 saturated carbocycles. The Morgan fingerprint density at radius 3 is 2.88 bits per heavy atom. The molecule has 0 bridgehead atoms. The number of nitrogens with zero attached hydrogens (tertiary/aromatic N) is 1. The first-order chi connectivity index (χ1) is 7.90.